The normalized spacial score (nSPS) is 16.7. The molecule has 0 radical (unpaired) electrons. The lowest BCUT2D eigenvalue weighted by atomic mass is 9.93. The van der Waals surface area contributed by atoms with E-state index in [1.165, 1.54) is 18.4 Å². The van der Waals surface area contributed by atoms with Crippen molar-refractivity contribution in [1.82, 2.24) is 0 Å². The van der Waals surface area contributed by atoms with Crippen LogP contribution in [0.1, 0.15) is 30.6 Å². The fourth-order valence-corrected chi connectivity index (χ4v) is 1.98. The molecule has 0 N–H and O–H groups in total. The maximum Gasteiger partial charge on any atom is 0.292 e. The zero-order valence-electron chi connectivity index (χ0n) is 9.41. The van der Waals surface area contributed by atoms with E-state index in [4.69, 9.17) is 21.6 Å². The van der Waals surface area contributed by atoms with Gasteiger partial charge in [-0.15, -0.1) is 5.26 Å². The Balaban J connectivity index is 2.51. The molecular formula is C12H10ClNO3. The molecule has 1 aromatic rings. The molecule has 2 rings (SSSR count). The smallest absolute Gasteiger partial charge is 0.292 e. The van der Waals surface area contributed by atoms with E-state index in [0.717, 1.165) is 0 Å². The lowest BCUT2D eigenvalue weighted by Gasteiger charge is -2.31. The molecule has 0 unspecified atom stereocenters. The molecule has 0 bridgehead atoms. The summed E-state index contributed by atoms with van der Waals surface area (Å²) in [7, 11) is 0. The summed E-state index contributed by atoms with van der Waals surface area (Å²) in [5.74, 6) is 0.570. The third-order valence-corrected chi connectivity index (χ3v) is 2.76. The van der Waals surface area contributed by atoms with Gasteiger partial charge in [0, 0.05) is 6.07 Å². The number of rotatable bonds is 1. The molecule has 0 aliphatic carbocycles. The summed E-state index contributed by atoms with van der Waals surface area (Å²) in [6.07, 6.45) is 1.84. The van der Waals surface area contributed by atoms with Gasteiger partial charge in [-0.3, -0.25) is 4.79 Å². The van der Waals surface area contributed by atoms with Crippen LogP contribution in [0, 0.1) is 11.5 Å². The Labute approximate surface area is 104 Å². The molecule has 0 spiro atoms. The number of ether oxygens (including phenoxy) is 2. The van der Waals surface area contributed by atoms with E-state index in [1.54, 1.807) is 0 Å². The average molecular weight is 252 g/mol. The number of fused-ring (bicyclic) bond motifs is 1. The highest BCUT2D eigenvalue weighted by Crippen LogP contribution is 2.39. The molecule has 0 saturated carbocycles. The van der Waals surface area contributed by atoms with Crippen LogP contribution in [-0.2, 0) is 0 Å². The summed E-state index contributed by atoms with van der Waals surface area (Å²) in [6.45, 7) is 3.65. The summed E-state index contributed by atoms with van der Waals surface area (Å²) < 4.78 is 10.4. The molecule has 0 atom stereocenters. The molecule has 0 saturated heterocycles. The molecule has 0 aromatic heterocycles. The Morgan fingerprint density at radius 1 is 1.53 bits per heavy atom. The minimum atomic E-state index is -0.554. The zero-order chi connectivity index (χ0) is 12.6. The molecule has 1 heterocycles. The molecule has 5 heteroatoms. The second-order valence-corrected chi connectivity index (χ2v) is 4.84. The number of Topliss-reactive ketones (excluding diaryl/α,β-unsaturated/α-hetero) is 1. The van der Waals surface area contributed by atoms with Gasteiger partial charge in [0.05, 0.1) is 17.0 Å². The summed E-state index contributed by atoms with van der Waals surface area (Å²) in [4.78, 5) is 11.9. The van der Waals surface area contributed by atoms with Crippen LogP contribution < -0.4 is 9.47 Å². The second kappa shape index (κ2) is 3.94. The quantitative estimate of drug-likeness (QED) is 0.720. The molecule has 0 fully saturated rings. The summed E-state index contributed by atoms with van der Waals surface area (Å²) in [6, 6.07) is 2.95. The number of halogens is 1. The van der Waals surface area contributed by atoms with Gasteiger partial charge in [-0.05, 0) is 19.9 Å². The highest BCUT2D eigenvalue weighted by Gasteiger charge is 2.33. The van der Waals surface area contributed by atoms with Gasteiger partial charge < -0.3 is 9.47 Å². The van der Waals surface area contributed by atoms with Crippen molar-refractivity contribution in [2.45, 2.75) is 25.9 Å². The molecule has 17 heavy (non-hydrogen) atoms. The molecule has 1 aromatic carbocycles. The van der Waals surface area contributed by atoms with Gasteiger partial charge >= 0.3 is 0 Å². The molecule has 1 aliphatic heterocycles. The summed E-state index contributed by atoms with van der Waals surface area (Å²) in [5.41, 5.74) is -0.124. The van der Waals surface area contributed by atoms with E-state index >= 15 is 0 Å². The van der Waals surface area contributed by atoms with Crippen LogP contribution in [0.15, 0.2) is 12.1 Å². The van der Waals surface area contributed by atoms with Crippen LogP contribution in [0.5, 0.6) is 11.5 Å². The lowest BCUT2D eigenvalue weighted by molar-refractivity contribution is 0.0619. The van der Waals surface area contributed by atoms with Crippen molar-refractivity contribution in [1.29, 1.82) is 5.26 Å². The van der Waals surface area contributed by atoms with Gasteiger partial charge in [0.15, 0.2) is 11.5 Å². The predicted octanol–water partition coefficient (Wildman–Crippen LogP) is 2.94. The highest BCUT2D eigenvalue weighted by atomic mass is 35.5. The highest BCUT2D eigenvalue weighted by molar-refractivity contribution is 6.32. The van der Waals surface area contributed by atoms with Gasteiger partial charge in [-0.25, -0.2) is 0 Å². The number of hydrogen-bond donors (Lipinski definition) is 0. The summed E-state index contributed by atoms with van der Waals surface area (Å²) >= 11 is 5.89. The van der Waals surface area contributed by atoms with Gasteiger partial charge in [-0.1, -0.05) is 11.6 Å². The molecule has 0 amide bonds. The van der Waals surface area contributed by atoms with E-state index in [2.05, 4.69) is 4.74 Å². The van der Waals surface area contributed by atoms with Gasteiger partial charge in [-0.2, -0.15) is 0 Å². The fraction of sp³-hybridized carbons (Fsp3) is 0.333. The van der Waals surface area contributed by atoms with Crippen molar-refractivity contribution in [3.63, 3.8) is 0 Å². The minimum Gasteiger partial charge on any atom is -0.486 e. The first-order valence-corrected chi connectivity index (χ1v) is 5.42. The van der Waals surface area contributed by atoms with E-state index in [9.17, 15) is 4.79 Å². The van der Waals surface area contributed by atoms with Crippen molar-refractivity contribution >= 4 is 17.4 Å². The average Bonchev–Trinajstić information content (AvgIpc) is 2.20. The van der Waals surface area contributed by atoms with Crippen molar-refractivity contribution in [2.75, 3.05) is 0 Å². The Kier molecular flexibility index (Phi) is 2.72. The standard InChI is InChI=1S/C12H10ClNO3/c1-12(2)5-9(15)7-3-8(13)11(16-6-14)4-10(7)17-12/h3-4H,5H2,1-2H3. The maximum absolute atomic E-state index is 11.9. The number of carbonyl (C=O) groups excluding carboxylic acids is 1. The Bertz CT molecular complexity index is 531. The topological polar surface area (TPSA) is 59.3 Å². The monoisotopic (exact) mass is 251 g/mol. The second-order valence-electron chi connectivity index (χ2n) is 4.43. The number of nitrogens with zero attached hydrogens (tertiary/aromatic N) is 1. The van der Waals surface area contributed by atoms with E-state index in [1.807, 2.05) is 13.8 Å². The van der Waals surface area contributed by atoms with Crippen LogP contribution in [0.3, 0.4) is 0 Å². The van der Waals surface area contributed by atoms with Crippen molar-refractivity contribution < 1.29 is 14.3 Å². The lowest BCUT2D eigenvalue weighted by Crippen LogP contribution is -2.35. The van der Waals surface area contributed by atoms with E-state index in [-0.39, 0.29) is 16.6 Å². The number of benzene rings is 1. The van der Waals surface area contributed by atoms with Crippen molar-refractivity contribution in [3.8, 4) is 17.8 Å². The molecular weight excluding hydrogens is 242 g/mol. The van der Waals surface area contributed by atoms with Gasteiger partial charge in [0.25, 0.3) is 6.26 Å². The van der Waals surface area contributed by atoms with Crippen molar-refractivity contribution in [3.05, 3.63) is 22.7 Å². The Morgan fingerprint density at radius 2 is 2.24 bits per heavy atom. The largest absolute Gasteiger partial charge is 0.486 e. The molecule has 4 nitrogen and oxygen atoms in total. The number of nitriles is 1. The van der Waals surface area contributed by atoms with Crippen LogP contribution in [0.25, 0.3) is 0 Å². The third kappa shape index (κ3) is 2.20. The number of ketones is 1. The number of carbonyl (C=O) groups is 1. The zero-order valence-corrected chi connectivity index (χ0v) is 10.2. The first-order chi connectivity index (χ1) is 7.93. The van der Waals surface area contributed by atoms with Crippen LogP contribution >= 0.6 is 11.6 Å². The first-order valence-electron chi connectivity index (χ1n) is 5.05. The van der Waals surface area contributed by atoms with E-state index < -0.39 is 5.60 Å². The minimum absolute atomic E-state index is 0.0262. The first kappa shape index (κ1) is 11.7. The SMILES string of the molecule is CC1(C)CC(=O)c2cc(Cl)c(OC#N)cc2O1. The Morgan fingerprint density at radius 3 is 2.88 bits per heavy atom. The van der Waals surface area contributed by atoms with Crippen LogP contribution in [-0.4, -0.2) is 11.4 Å². The van der Waals surface area contributed by atoms with Gasteiger partial charge in [0.1, 0.15) is 11.4 Å². The van der Waals surface area contributed by atoms with Crippen LogP contribution in [0.4, 0.5) is 0 Å². The van der Waals surface area contributed by atoms with E-state index in [0.29, 0.717) is 17.7 Å². The third-order valence-electron chi connectivity index (χ3n) is 2.46. The molecule has 88 valence electrons. The van der Waals surface area contributed by atoms with Crippen molar-refractivity contribution in [2.24, 2.45) is 0 Å². The van der Waals surface area contributed by atoms with Gasteiger partial charge in [0.2, 0.25) is 0 Å². The summed E-state index contributed by atoms with van der Waals surface area (Å²) in [5, 5.41) is 8.69. The fourth-order valence-electron chi connectivity index (χ4n) is 1.78. The Hall–Kier alpha value is -1.73. The predicted molar refractivity (Wildman–Crippen MR) is 61.3 cm³/mol. The molecule has 1 aliphatic rings. The number of hydrogen-bond acceptors (Lipinski definition) is 4. The van der Waals surface area contributed by atoms with Crippen LogP contribution in [0.2, 0.25) is 5.02 Å². The maximum atomic E-state index is 11.9.